The third-order valence-electron chi connectivity index (χ3n) is 3.53. The Morgan fingerprint density at radius 3 is 1.50 bits per heavy atom. The van der Waals surface area contributed by atoms with Crippen LogP contribution in [-0.2, 0) is 14.5 Å². The molecule has 0 aliphatic carbocycles. The lowest BCUT2D eigenvalue weighted by Crippen LogP contribution is -2.47. The number of rotatable bonds is 8. The highest BCUT2D eigenvalue weighted by Gasteiger charge is 2.16. The van der Waals surface area contributed by atoms with Gasteiger partial charge in [-0.15, -0.1) is 0 Å². The zero-order valence-corrected chi connectivity index (χ0v) is 13.2. The summed E-state index contributed by atoms with van der Waals surface area (Å²) in [6.07, 6.45) is 1.15. The lowest BCUT2D eigenvalue weighted by molar-refractivity contribution is -0.921. The molecule has 0 heterocycles. The summed E-state index contributed by atoms with van der Waals surface area (Å²) >= 11 is 0. The highest BCUT2D eigenvalue weighted by atomic mass is 32.2. The molecule has 0 aromatic heterocycles. The first-order valence-electron chi connectivity index (χ1n) is 6.74. The number of quaternary nitrogens is 1. The summed E-state index contributed by atoms with van der Waals surface area (Å²) in [7, 11) is -3.85. The van der Waals surface area contributed by atoms with E-state index in [2.05, 4.69) is 32.1 Å². The van der Waals surface area contributed by atoms with E-state index in [9.17, 15) is 12.9 Å². The van der Waals surface area contributed by atoms with Crippen molar-refractivity contribution in [1.82, 2.24) is 0 Å². The lowest BCUT2D eigenvalue weighted by Gasteiger charge is -2.34. The molecule has 0 aromatic rings. The second kappa shape index (κ2) is 10.7. The molecule has 0 bridgehead atoms. The smallest absolute Gasteiger partial charge is 0.297 e. The van der Waals surface area contributed by atoms with E-state index in [0.717, 1.165) is 0 Å². The van der Waals surface area contributed by atoms with Gasteiger partial charge < -0.3 is 4.48 Å². The van der Waals surface area contributed by atoms with Crippen molar-refractivity contribution < 1.29 is 21.8 Å². The minimum Gasteiger partial charge on any atom is -0.325 e. The van der Waals surface area contributed by atoms with E-state index in [1.165, 1.54) is 30.7 Å². The summed E-state index contributed by atoms with van der Waals surface area (Å²) in [5.74, 6) is -0.236. The van der Waals surface area contributed by atoms with E-state index >= 15 is 0 Å². The fourth-order valence-electron chi connectivity index (χ4n) is 1.69. The Kier molecular flexibility index (Phi) is 12.0. The summed E-state index contributed by atoms with van der Waals surface area (Å²) in [5.41, 5.74) is 0. The monoisotopic (exact) mass is 286 g/mol. The van der Waals surface area contributed by atoms with Crippen molar-refractivity contribution in [3.05, 3.63) is 0 Å². The van der Waals surface area contributed by atoms with Gasteiger partial charge in [0.25, 0.3) is 10.1 Å². The molecular weight excluding hydrogens is 257 g/mol. The molecule has 0 aromatic carbocycles. The summed E-state index contributed by atoms with van der Waals surface area (Å²) in [5, 5.41) is 0. The minimum absolute atomic E-state index is 0.236. The zero-order chi connectivity index (χ0) is 14.7. The van der Waals surface area contributed by atoms with Crippen LogP contribution in [-0.4, -0.2) is 44.8 Å². The molecule has 0 amide bonds. The van der Waals surface area contributed by atoms with E-state index in [-0.39, 0.29) is 5.75 Å². The highest BCUT2D eigenvalue weighted by molar-refractivity contribution is 7.86. The van der Waals surface area contributed by atoms with E-state index in [1.807, 2.05) is 6.92 Å². The molecule has 0 saturated carbocycles. The predicted octanol–water partition coefficient (Wildman–Crippen LogP) is 2.90. The van der Waals surface area contributed by atoms with Crippen LogP contribution >= 0.6 is 0 Å². The molecule has 18 heavy (non-hydrogen) atoms. The number of hydrogen-bond acceptors (Lipinski definition) is 3. The van der Waals surface area contributed by atoms with Gasteiger partial charge in [-0.05, 0) is 38.6 Å². The van der Waals surface area contributed by atoms with Crippen LogP contribution in [0.3, 0.4) is 0 Å². The SMILES string of the molecule is CCCCS(=O)(=O)OF.CC[N+](CC)(CC)CC. The van der Waals surface area contributed by atoms with Gasteiger partial charge in [0, 0.05) is 0 Å². The summed E-state index contributed by atoms with van der Waals surface area (Å²) in [6, 6.07) is 0. The number of hydrogen-bond donors (Lipinski definition) is 0. The first kappa shape index (κ1) is 20.1. The maximum atomic E-state index is 11.0. The average Bonchev–Trinajstić information content (AvgIpc) is 2.41. The van der Waals surface area contributed by atoms with Crippen molar-refractivity contribution in [3.8, 4) is 0 Å². The van der Waals surface area contributed by atoms with E-state index < -0.39 is 10.1 Å². The quantitative estimate of drug-likeness (QED) is 0.644. The average molecular weight is 286 g/mol. The topological polar surface area (TPSA) is 43.4 Å². The van der Waals surface area contributed by atoms with Crippen molar-refractivity contribution >= 4 is 10.1 Å². The van der Waals surface area contributed by atoms with Crippen LogP contribution in [0.5, 0.6) is 0 Å². The van der Waals surface area contributed by atoms with Gasteiger partial charge in [0.05, 0.1) is 31.9 Å². The van der Waals surface area contributed by atoms with Crippen molar-refractivity contribution in [1.29, 1.82) is 0 Å². The van der Waals surface area contributed by atoms with E-state index in [1.54, 1.807) is 0 Å². The van der Waals surface area contributed by atoms with Crippen molar-refractivity contribution in [3.63, 3.8) is 0 Å². The Balaban J connectivity index is 0. The van der Waals surface area contributed by atoms with Crippen LogP contribution in [0.25, 0.3) is 0 Å². The lowest BCUT2D eigenvalue weighted by atomic mass is 10.3. The molecule has 0 atom stereocenters. The van der Waals surface area contributed by atoms with Crippen LogP contribution in [0.2, 0.25) is 0 Å². The van der Waals surface area contributed by atoms with Crippen LogP contribution in [0.15, 0.2) is 0 Å². The Hall–Kier alpha value is -0.200. The molecule has 0 fully saturated rings. The van der Waals surface area contributed by atoms with Gasteiger partial charge in [0.1, 0.15) is 0 Å². The normalized spacial score (nSPS) is 11.9. The maximum absolute atomic E-state index is 11.0. The third kappa shape index (κ3) is 8.83. The summed E-state index contributed by atoms with van der Waals surface area (Å²) < 4.78 is 35.3. The molecule has 0 rings (SSSR count). The van der Waals surface area contributed by atoms with E-state index in [4.69, 9.17) is 0 Å². The maximum Gasteiger partial charge on any atom is 0.297 e. The minimum atomic E-state index is -3.85. The molecule has 0 aliphatic heterocycles. The first-order chi connectivity index (χ1) is 8.36. The van der Waals surface area contributed by atoms with Gasteiger partial charge >= 0.3 is 0 Å². The molecule has 0 unspecified atom stereocenters. The Bertz CT molecular complexity index is 260. The molecule has 0 aliphatic rings. The van der Waals surface area contributed by atoms with Gasteiger partial charge in [-0.3, -0.25) is 0 Å². The molecule has 4 nitrogen and oxygen atoms in total. The Morgan fingerprint density at radius 2 is 1.33 bits per heavy atom. The number of halogens is 1. The van der Waals surface area contributed by atoms with Crippen LogP contribution in [0.4, 0.5) is 4.53 Å². The molecule has 6 heteroatoms. The zero-order valence-electron chi connectivity index (χ0n) is 12.4. The molecule has 0 saturated heterocycles. The van der Waals surface area contributed by atoms with Crippen molar-refractivity contribution in [2.75, 3.05) is 31.9 Å². The van der Waals surface area contributed by atoms with Gasteiger partial charge in [0.15, 0.2) is 0 Å². The van der Waals surface area contributed by atoms with Gasteiger partial charge in [-0.2, -0.15) is 8.42 Å². The van der Waals surface area contributed by atoms with E-state index in [0.29, 0.717) is 12.8 Å². The van der Waals surface area contributed by atoms with Crippen LogP contribution in [0.1, 0.15) is 47.5 Å². The second-order valence-corrected chi connectivity index (χ2v) is 5.93. The van der Waals surface area contributed by atoms with Crippen LogP contribution < -0.4 is 0 Å². The largest absolute Gasteiger partial charge is 0.325 e. The standard InChI is InChI=1S/C8H20N.C4H9FO3S/c1-5-9(6-2,7-3)8-4;1-2-3-4-9(6,7)8-5/h5-8H2,1-4H3;2-4H2,1H3/q+1;. The molecule has 0 radical (unpaired) electrons. The Labute approximate surface area is 112 Å². The molecule has 0 spiro atoms. The molecule has 0 N–H and O–H groups in total. The predicted molar refractivity (Wildman–Crippen MR) is 73.3 cm³/mol. The third-order valence-corrected chi connectivity index (χ3v) is 4.51. The van der Waals surface area contributed by atoms with Crippen LogP contribution in [0, 0.1) is 0 Å². The summed E-state index contributed by atoms with van der Waals surface area (Å²) in [6.45, 7) is 16.0. The fourth-order valence-corrected chi connectivity index (χ4v) is 2.40. The van der Waals surface area contributed by atoms with Crippen molar-refractivity contribution in [2.45, 2.75) is 47.5 Å². The van der Waals surface area contributed by atoms with Gasteiger partial charge in [0.2, 0.25) is 0 Å². The summed E-state index contributed by atoms with van der Waals surface area (Å²) in [4.78, 5) is 0. The Morgan fingerprint density at radius 1 is 0.944 bits per heavy atom. The number of unbranched alkanes of at least 4 members (excludes halogenated alkanes) is 1. The van der Waals surface area contributed by atoms with Gasteiger partial charge in [-0.25, -0.2) is 0 Å². The molecular formula is C12H29FNO3S+. The highest BCUT2D eigenvalue weighted by Crippen LogP contribution is 2.03. The van der Waals surface area contributed by atoms with Crippen molar-refractivity contribution in [2.24, 2.45) is 0 Å². The second-order valence-electron chi connectivity index (χ2n) is 4.28. The fraction of sp³-hybridized carbons (Fsp3) is 1.00. The number of nitrogens with zero attached hydrogens (tertiary/aromatic N) is 1. The molecule has 112 valence electrons. The van der Waals surface area contributed by atoms with Gasteiger partial charge in [-0.1, -0.05) is 17.7 Å². The first-order valence-corrected chi connectivity index (χ1v) is 8.32.